The maximum Gasteiger partial charge on any atom is 0.511 e. The van der Waals surface area contributed by atoms with Crippen molar-refractivity contribution >= 4 is 11.8 Å². The summed E-state index contributed by atoms with van der Waals surface area (Å²) in [7, 11) is 0. The molecule has 1 N–H and O–H groups in total. The van der Waals surface area contributed by atoms with Crippen LogP contribution < -0.4 is 4.74 Å². The number of hydrogen-bond donors (Lipinski definition) is 1. The number of nitrogens with zero attached hydrogens (tertiary/aromatic N) is 1. The molecule has 0 bridgehead atoms. The summed E-state index contributed by atoms with van der Waals surface area (Å²) in [6.45, 7) is 0.952. The van der Waals surface area contributed by atoms with Crippen molar-refractivity contribution in [2.24, 2.45) is 5.92 Å². The third-order valence-electron chi connectivity index (χ3n) is 4.05. The van der Waals surface area contributed by atoms with Crippen LogP contribution in [0.3, 0.4) is 0 Å². The standard InChI is InChI=1S/C14H15NO7/c16-14(17)22-12-2-1-10(15(18)19)6-11(12)9-5-8-3-4-20-13(8)21-7-9/h1-2,6,8-9,13H,3-5,7H2,(H,16,17)/t8-,9+,13-/m1/s1. The number of non-ortho nitro benzene ring substituents is 1. The summed E-state index contributed by atoms with van der Waals surface area (Å²) in [6.07, 6.45) is -0.0831. The van der Waals surface area contributed by atoms with Crippen LogP contribution in [-0.4, -0.2) is 35.7 Å². The monoisotopic (exact) mass is 309 g/mol. The third-order valence-corrected chi connectivity index (χ3v) is 4.05. The second kappa shape index (κ2) is 5.90. The molecule has 0 aliphatic carbocycles. The molecule has 0 saturated carbocycles. The fraction of sp³-hybridized carbons (Fsp3) is 0.500. The maximum atomic E-state index is 10.9. The smallest absolute Gasteiger partial charge is 0.449 e. The van der Waals surface area contributed by atoms with Gasteiger partial charge in [0.1, 0.15) is 5.75 Å². The summed E-state index contributed by atoms with van der Waals surface area (Å²) in [4.78, 5) is 21.2. The van der Waals surface area contributed by atoms with E-state index in [4.69, 9.17) is 19.3 Å². The summed E-state index contributed by atoms with van der Waals surface area (Å²) in [5, 5.41) is 19.8. The summed E-state index contributed by atoms with van der Waals surface area (Å²) < 4.78 is 15.8. The molecule has 2 heterocycles. The first-order valence-electron chi connectivity index (χ1n) is 6.97. The Kier molecular flexibility index (Phi) is 3.95. The molecule has 8 nitrogen and oxygen atoms in total. The molecule has 0 aromatic heterocycles. The molecule has 0 radical (unpaired) electrons. The van der Waals surface area contributed by atoms with Crippen molar-refractivity contribution in [2.45, 2.75) is 25.0 Å². The highest BCUT2D eigenvalue weighted by molar-refractivity contribution is 5.63. The average molecular weight is 309 g/mol. The van der Waals surface area contributed by atoms with Crippen LogP contribution in [0.15, 0.2) is 18.2 Å². The Bertz CT molecular complexity index is 603. The minimum atomic E-state index is -1.45. The molecule has 118 valence electrons. The highest BCUT2D eigenvalue weighted by Crippen LogP contribution is 2.41. The number of fused-ring (bicyclic) bond motifs is 1. The number of benzene rings is 1. The second-order valence-electron chi connectivity index (χ2n) is 5.40. The largest absolute Gasteiger partial charge is 0.511 e. The number of nitro groups is 1. The van der Waals surface area contributed by atoms with Gasteiger partial charge in [0, 0.05) is 29.5 Å². The van der Waals surface area contributed by atoms with Gasteiger partial charge in [-0.1, -0.05) is 0 Å². The first kappa shape index (κ1) is 14.7. The van der Waals surface area contributed by atoms with E-state index < -0.39 is 11.1 Å². The quantitative estimate of drug-likeness (QED) is 0.395. The van der Waals surface area contributed by atoms with Crippen LogP contribution in [0.4, 0.5) is 10.5 Å². The molecular formula is C14H15NO7. The number of nitro benzene ring substituents is 1. The summed E-state index contributed by atoms with van der Waals surface area (Å²) in [5.74, 6) is 0.178. The van der Waals surface area contributed by atoms with Crippen molar-refractivity contribution in [3.05, 3.63) is 33.9 Å². The highest BCUT2D eigenvalue weighted by atomic mass is 16.7. The first-order chi connectivity index (χ1) is 10.5. The lowest BCUT2D eigenvalue weighted by Gasteiger charge is -2.31. The second-order valence-corrected chi connectivity index (χ2v) is 5.40. The van der Waals surface area contributed by atoms with Crippen LogP contribution >= 0.6 is 0 Å². The molecule has 2 fully saturated rings. The predicted molar refractivity (Wildman–Crippen MR) is 72.9 cm³/mol. The van der Waals surface area contributed by atoms with E-state index in [2.05, 4.69) is 0 Å². The lowest BCUT2D eigenvalue weighted by atomic mass is 9.85. The van der Waals surface area contributed by atoms with Crippen molar-refractivity contribution < 1.29 is 29.0 Å². The minimum Gasteiger partial charge on any atom is -0.449 e. The molecule has 22 heavy (non-hydrogen) atoms. The van der Waals surface area contributed by atoms with Crippen LogP contribution in [0.25, 0.3) is 0 Å². The fourth-order valence-corrected chi connectivity index (χ4v) is 3.04. The van der Waals surface area contributed by atoms with Gasteiger partial charge in [0.25, 0.3) is 5.69 Å². The summed E-state index contributed by atoms with van der Waals surface area (Å²) in [5.41, 5.74) is 0.388. The number of ether oxygens (including phenoxy) is 3. The van der Waals surface area contributed by atoms with Crippen LogP contribution in [0, 0.1) is 16.0 Å². The van der Waals surface area contributed by atoms with E-state index in [0.717, 1.165) is 12.8 Å². The number of carboxylic acid groups (broad SMARTS) is 1. The molecule has 0 unspecified atom stereocenters. The molecule has 2 saturated heterocycles. The van der Waals surface area contributed by atoms with E-state index in [9.17, 15) is 14.9 Å². The van der Waals surface area contributed by atoms with Crippen LogP contribution in [0.5, 0.6) is 5.75 Å². The third kappa shape index (κ3) is 2.88. The Hall–Kier alpha value is -2.19. The van der Waals surface area contributed by atoms with E-state index in [1.165, 1.54) is 18.2 Å². The Balaban J connectivity index is 1.90. The van der Waals surface area contributed by atoms with Gasteiger partial charge in [0.15, 0.2) is 6.29 Å². The van der Waals surface area contributed by atoms with Gasteiger partial charge in [-0.2, -0.15) is 0 Å². The van der Waals surface area contributed by atoms with E-state index in [1.807, 2.05) is 0 Å². The SMILES string of the molecule is O=C(O)Oc1ccc([N+](=O)[O-])cc1[C@@H]1CO[C@H]2OCC[C@@H]2C1. The molecule has 2 aliphatic heterocycles. The van der Waals surface area contributed by atoms with Gasteiger partial charge in [0.05, 0.1) is 18.1 Å². The van der Waals surface area contributed by atoms with Crippen LogP contribution in [0.2, 0.25) is 0 Å². The fourth-order valence-electron chi connectivity index (χ4n) is 3.04. The average Bonchev–Trinajstić information content (AvgIpc) is 2.94. The van der Waals surface area contributed by atoms with Crippen molar-refractivity contribution in [3.63, 3.8) is 0 Å². The Morgan fingerprint density at radius 3 is 2.95 bits per heavy atom. The van der Waals surface area contributed by atoms with Crippen LogP contribution in [0.1, 0.15) is 24.3 Å². The molecule has 1 aromatic carbocycles. The van der Waals surface area contributed by atoms with Gasteiger partial charge in [-0.25, -0.2) is 4.79 Å². The van der Waals surface area contributed by atoms with Gasteiger partial charge in [0.2, 0.25) is 0 Å². The molecule has 1 aromatic rings. The first-order valence-corrected chi connectivity index (χ1v) is 6.97. The lowest BCUT2D eigenvalue weighted by molar-refractivity contribution is -0.385. The zero-order valence-electron chi connectivity index (χ0n) is 11.6. The highest BCUT2D eigenvalue weighted by Gasteiger charge is 2.37. The van der Waals surface area contributed by atoms with Gasteiger partial charge < -0.3 is 19.3 Å². The van der Waals surface area contributed by atoms with E-state index >= 15 is 0 Å². The normalized spacial score (nSPS) is 27.2. The summed E-state index contributed by atoms with van der Waals surface area (Å²) >= 11 is 0. The minimum absolute atomic E-state index is 0.0995. The van der Waals surface area contributed by atoms with E-state index in [0.29, 0.717) is 18.8 Å². The number of rotatable bonds is 3. The maximum absolute atomic E-state index is 10.9. The molecular weight excluding hydrogens is 294 g/mol. The topological polar surface area (TPSA) is 108 Å². The predicted octanol–water partition coefficient (Wildman–Crippen LogP) is 2.52. The van der Waals surface area contributed by atoms with Crippen molar-refractivity contribution in [2.75, 3.05) is 13.2 Å². The molecule has 3 atom stereocenters. The molecule has 2 aliphatic rings. The Morgan fingerprint density at radius 1 is 1.41 bits per heavy atom. The molecule has 3 rings (SSSR count). The van der Waals surface area contributed by atoms with Crippen molar-refractivity contribution in [1.82, 2.24) is 0 Å². The van der Waals surface area contributed by atoms with Crippen molar-refractivity contribution in [1.29, 1.82) is 0 Å². The molecule has 8 heteroatoms. The Labute approximate surface area is 125 Å². The lowest BCUT2D eigenvalue weighted by Crippen LogP contribution is -2.31. The van der Waals surface area contributed by atoms with Crippen LogP contribution in [-0.2, 0) is 9.47 Å². The summed E-state index contributed by atoms with van der Waals surface area (Å²) in [6, 6.07) is 3.91. The van der Waals surface area contributed by atoms with Gasteiger partial charge in [-0.3, -0.25) is 10.1 Å². The number of carbonyl (C=O) groups is 1. The number of hydrogen-bond acceptors (Lipinski definition) is 6. The van der Waals surface area contributed by atoms with Crippen molar-refractivity contribution in [3.8, 4) is 5.75 Å². The Morgan fingerprint density at radius 2 is 2.23 bits per heavy atom. The van der Waals surface area contributed by atoms with Gasteiger partial charge in [-0.05, 0) is 18.9 Å². The zero-order chi connectivity index (χ0) is 15.7. The van der Waals surface area contributed by atoms with E-state index in [1.54, 1.807) is 0 Å². The van der Waals surface area contributed by atoms with Gasteiger partial charge in [-0.15, -0.1) is 0 Å². The molecule has 0 spiro atoms. The zero-order valence-corrected chi connectivity index (χ0v) is 11.6. The van der Waals surface area contributed by atoms with E-state index in [-0.39, 0.29) is 29.6 Å². The van der Waals surface area contributed by atoms with Gasteiger partial charge >= 0.3 is 6.16 Å². The molecule has 0 amide bonds.